The number of fused-ring (bicyclic) bond motifs is 1. The molecular weight excluding hydrogens is 345 g/mol. The summed E-state index contributed by atoms with van der Waals surface area (Å²) in [6, 6.07) is 14.1. The number of benzene rings is 2. The Balaban J connectivity index is 1.49. The summed E-state index contributed by atoms with van der Waals surface area (Å²) in [4.78, 5) is 18.1. The molecule has 0 aliphatic carbocycles. The molecule has 0 unspecified atom stereocenters. The number of nitrogens with zero attached hydrogens (tertiary/aromatic N) is 2. The molecule has 1 aromatic heterocycles. The van der Waals surface area contributed by atoms with Gasteiger partial charge in [-0.05, 0) is 36.8 Å². The predicted octanol–water partition coefficient (Wildman–Crippen LogP) is 3.64. The van der Waals surface area contributed by atoms with E-state index in [1.54, 1.807) is 37.3 Å². The second kappa shape index (κ2) is 8.49. The van der Waals surface area contributed by atoms with E-state index in [0.717, 1.165) is 16.7 Å². The van der Waals surface area contributed by atoms with E-state index >= 15 is 0 Å². The largest absolute Gasteiger partial charge is 0.491 e. The number of amides is 1. The van der Waals surface area contributed by atoms with Gasteiger partial charge in [0.15, 0.2) is 0 Å². The fraction of sp³-hybridized carbons (Fsp3) is 0.238. The van der Waals surface area contributed by atoms with Crippen LogP contribution in [0.25, 0.3) is 10.9 Å². The third-order valence-corrected chi connectivity index (χ3v) is 4.15. The van der Waals surface area contributed by atoms with Gasteiger partial charge in [-0.2, -0.15) is 0 Å². The average molecular weight is 367 g/mol. The van der Waals surface area contributed by atoms with Crippen LogP contribution in [0.2, 0.25) is 0 Å². The van der Waals surface area contributed by atoms with Crippen molar-refractivity contribution in [1.29, 1.82) is 0 Å². The molecule has 0 saturated heterocycles. The van der Waals surface area contributed by atoms with Crippen LogP contribution in [0.5, 0.6) is 5.75 Å². The van der Waals surface area contributed by atoms with Crippen LogP contribution in [-0.4, -0.2) is 38.1 Å². The van der Waals surface area contributed by atoms with E-state index in [9.17, 15) is 9.18 Å². The van der Waals surface area contributed by atoms with E-state index < -0.39 is 5.82 Å². The Morgan fingerprint density at radius 1 is 1.19 bits per heavy atom. The predicted molar refractivity (Wildman–Crippen MR) is 105 cm³/mol. The Kier molecular flexibility index (Phi) is 5.86. The minimum absolute atomic E-state index is 0.300. The van der Waals surface area contributed by atoms with Gasteiger partial charge in [-0.3, -0.25) is 9.78 Å². The van der Waals surface area contributed by atoms with E-state index in [2.05, 4.69) is 10.3 Å². The van der Waals surface area contributed by atoms with Crippen molar-refractivity contribution in [2.45, 2.75) is 6.42 Å². The van der Waals surface area contributed by atoms with Gasteiger partial charge < -0.3 is 15.0 Å². The van der Waals surface area contributed by atoms with Crippen LogP contribution >= 0.6 is 0 Å². The molecule has 27 heavy (non-hydrogen) atoms. The first-order chi connectivity index (χ1) is 13.1. The Labute approximate surface area is 157 Å². The molecule has 2 aromatic carbocycles. The average Bonchev–Trinajstić information content (AvgIpc) is 2.67. The van der Waals surface area contributed by atoms with Crippen molar-refractivity contribution >= 4 is 22.5 Å². The van der Waals surface area contributed by atoms with Gasteiger partial charge >= 0.3 is 0 Å². The third-order valence-electron chi connectivity index (χ3n) is 4.15. The topological polar surface area (TPSA) is 54.5 Å². The Morgan fingerprint density at radius 3 is 2.78 bits per heavy atom. The highest BCUT2D eigenvalue weighted by Gasteiger charge is 2.10. The molecule has 6 heteroatoms. The fourth-order valence-corrected chi connectivity index (χ4v) is 2.76. The van der Waals surface area contributed by atoms with Crippen LogP contribution in [0.15, 0.2) is 54.7 Å². The lowest BCUT2D eigenvalue weighted by molar-refractivity contribution is 0.0951. The molecule has 140 valence electrons. The molecule has 0 fully saturated rings. The van der Waals surface area contributed by atoms with Gasteiger partial charge in [0, 0.05) is 37.8 Å². The van der Waals surface area contributed by atoms with Gasteiger partial charge in [0.2, 0.25) is 0 Å². The number of hydrogen-bond donors (Lipinski definition) is 1. The van der Waals surface area contributed by atoms with E-state index in [-0.39, 0.29) is 5.91 Å². The number of rotatable bonds is 7. The van der Waals surface area contributed by atoms with Crippen molar-refractivity contribution in [3.8, 4) is 5.75 Å². The van der Waals surface area contributed by atoms with Crippen molar-refractivity contribution in [2.24, 2.45) is 0 Å². The van der Waals surface area contributed by atoms with Gasteiger partial charge in [-0.1, -0.05) is 18.2 Å². The fourth-order valence-electron chi connectivity index (χ4n) is 2.76. The van der Waals surface area contributed by atoms with Crippen molar-refractivity contribution < 1.29 is 13.9 Å². The normalized spacial score (nSPS) is 10.6. The molecule has 0 radical (unpaired) electrons. The maximum Gasteiger partial charge on any atom is 0.251 e. The summed E-state index contributed by atoms with van der Waals surface area (Å²) in [6.07, 6.45) is 2.36. The lowest BCUT2D eigenvalue weighted by Gasteiger charge is -2.14. The van der Waals surface area contributed by atoms with Crippen LogP contribution < -0.4 is 15.0 Å². The molecule has 1 heterocycles. The number of nitrogens with one attached hydrogen (secondary N) is 1. The van der Waals surface area contributed by atoms with Crippen LogP contribution in [0.3, 0.4) is 0 Å². The monoisotopic (exact) mass is 367 g/mol. The number of hydrogen-bond acceptors (Lipinski definition) is 4. The second-order valence-corrected chi connectivity index (χ2v) is 6.35. The van der Waals surface area contributed by atoms with Crippen LogP contribution in [0.1, 0.15) is 16.8 Å². The Bertz CT molecular complexity index is 938. The van der Waals surface area contributed by atoms with E-state index in [1.165, 1.54) is 6.07 Å². The molecule has 0 saturated carbocycles. The molecule has 0 aliphatic rings. The van der Waals surface area contributed by atoms with Crippen molar-refractivity contribution in [2.75, 3.05) is 32.1 Å². The first kappa shape index (κ1) is 18.6. The number of para-hydroxylation sites is 1. The van der Waals surface area contributed by atoms with E-state index in [4.69, 9.17) is 4.74 Å². The SMILES string of the molecule is CN(C)c1ccc(C(=O)NCCCOc2cccc3cccnc23)cc1F. The summed E-state index contributed by atoms with van der Waals surface area (Å²) in [5.74, 6) is 0.00578. The highest BCUT2D eigenvalue weighted by molar-refractivity contribution is 5.94. The summed E-state index contributed by atoms with van der Waals surface area (Å²) < 4.78 is 19.8. The standard InChI is InChI=1S/C21H22FN3O2/c1-25(2)18-10-9-16(14-17(18)22)21(26)24-12-5-13-27-19-8-3-6-15-7-4-11-23-20(15)19/h3-4,6-11,14H,5,12-13H2,1-2H3,(H,24,26). The van der Waals surface area contributed by atoms with Gasteiger partial charge in [0.05, 0.1) is 12.3 Å². The maximum atomic E-state index is 14.0. The zero-order valence-corrected chi connectivity index (χ0v) is 15.4. The zero-order chi connectivity index (χ0) is 19.2. The summed E-state index contributed by atoms with van der Waals surface area (Å²) >= 11 is 0. The lowest BCUT2D eigenvalue weighted by Crippen LogP contribution is -2.26. The molecule has 0 atom stereocenters. The molecule has 3 rings (SSSR count). The smallest absolute Gasteiger partial charge is 0.251 e. The number of aromatic nitrogens is 1. The van der Waals surface area contributed by atoms with E-state index in [0.29, 0.717) is 30.8 Å². The Morgan fingerprint density at radius 2 is 2.00 bits per heavy atom. The number of carbonyl (C=O) groups excluding carboxylic acids is 1. The second-order valence-electron chi connectivity index (χ2n) is 6.35. The molecule has 1 N–H and O–H groups in total. The van der Waals surface area contributed by atoms with Crippen molar-refractivity contribution in [1.82, 2.24) is 10.3 Å². The number of pyridine rings is 1. The van der Waals surface area contributed by atoms with Gasteiger partial charge in [0.1, 0.15) is 17.1 Å². The van der Waals surface area contributed by atoms with Crippen molar-refractivity contribution in [3.05, 3.63) is 66.1 Å². The van der Waals surface area contributed by atoms with Gasteiger partial charge in [-0.25, -0.2) is 4.39 Å². The van der Waals surface area contributed by atoms with Gasteiger partial charge in [-0.15, -0.1) is 0 Å². The van der Waals surface area contributed by atoms with E-state index in [1.807, 2.05) is 30.3 Å². The highest BCUT2D eigenvalue weighted by atomic mass is 19.1. The number of carbonyl (C=O) groups is 1. The molecule has 5 nitrogen and oxygen atoms in total. The summed E-state index contributed by atoms with van der Waals surface area (Å²) in [5.41, 5.74) is 1.57. The first-order valence-electron chi connectivity index (χ1n) is 8.78. The lowest BCUT2D eigenvalue weighted by atomic mass is 10.1. The minimum Gasteiger partial charge on any atom is -0.491 e. The minimum atomic E-state index is -0.417. The summed E-state index contributed by atoms with van der Waals surface area (Å²) in [6.45, 7) is 0.887. The van der Waals surface area contributed by atoms with Crippen LogP contribution in [-0.2, 0) is 0 Å². The number of ether oxygens (including phenoxy) is 1. The number of anilines is 1. The Hall–Kier alpha value is -3.15. The molecule has 3 aromatic rings. The molecule has 1 amide bonds. The summed E-state index contributed by atoms with van der Waals surface area (Å²) in [7, 11) is 3.51. The zero-order valence-electron chi connectivity index (χ0n) is 15.4. The van der Waals surface area contributed by atoms with Crippen LogP contribution in [0, 0.1) is 5.82 Å². The number of halogens is 1. The van der Waals surface area contributed by atoms with Gasteiger partial charge in [0.25, 0.3) is 5.91 Å². The van der Waals surface area contributed by atoms with Crippen molar-refractivity contribution in [3.63, 3.8) is 0 Å². The molecule has 0 aliphatic heterocycles. The first-order valence-corrected chi connectivity index (χ1v) is 8.78. The third kappa shape index (κ3) is 4.53. The molecular formula is C21H22FN3O2. The molecule has 0 spiro atoms. The summed E-state index contributed by atoms with van der Waals surface area (Å²) in [5, 5.41) is 3.80. The highest BCUT2D eigenvalue weighted by Crippen LogP contribution is 2.23. The maximum absolute atomic E-state index is 14.0. The molecule has 0 bridgehead atoms. The van der Waals surface area contributed by atoms with Crippen LogP contribution in [0.4, 0.5) is 10.1 Å². The quantitative estimate of drug-likeness (QED) is 0.648.